The molecular formula is C12H13N3OS. The summed E-state index contributed by atoms with van der Waals surface area (Å²) in [6.45, 7) is 0.468. The van der Waals surface area contributed by atoms with Gasteiger partial charge < -0.3 is 11.1 Å². The van der Waals surface area contributed by atoms with Gasteiger partial charge >= 0.3 is 0 Å². The fraction of sp³-hybridized carbons (Fsp3) is 0.167. The first-order valence-corrected chi connectivity index (χ1v) is 6.18. The fourth-order valence-corrected chi connectivity index (χ4v) is 2.03. The molecule has 17 heavy (non-hydrogen) atoms. The van der Waals surface area contributed by atoms with Crippen LogP contribution in [0.1, 0.15) is 11.3 Å². The zero-order valence-corrected chi connectivity index (χ0v) is 10.0. The lowest BCUT2D eigenvalue weighted by Crippen LogP contribution is -2.14. The van der Waals surface area contributed by atoms with Gasteiger partial charge in [0.2, 0.25) is 5.91 Å². The Balaban J connectivity index is 1.98. The number of anilines is 1. The average Bonchev–Trinajstić information content (AvgIpc) is 2.82. The van der Waals surface area contributed by atoms with E-state index in [1.54, 1.807) is 5.51 Å². The van der Waals surface area contributed by atoms with Gasteiger partial charge in [0.1, 0.15) is 0 Å². The van der Waals surface area contributed by atoms with Gasteiger partial charge in [-0.05, 0) is 17.7 Å². The molecule has 2 rings (SSSR count). The fourth-order valence-electron chi connectivity index (χ4n) is 1.47. The van der Waals surface area contributed by atoms with Gasteiger partial charge in [0.25, 0.3) is 0 Å². The minimum absolute atomic E-state index is 0.0647. The molecule has 1 aromatic carbocycles. The number of amides is 1. The number of aromatic nitrogens is 1. The lowest BCUT2D eigenvalue weighted by atomic mass is 10.2. The van der Waals surface area contributed by atoms with Crippen molar-refractivity contribution in [3.05, 3.63) is 46.4 Å². The molecule has 0 spiro atoms. The Morgan fingerprint density at radius 1 is 1.47 bits per heavy atom. The van der Waals surface area contributed by atoms with Gasteiger partial charge in [-0.2, -0.15) is 0 Å². The second-order valence-electron chi connectivity index (χ2n) is 3.61. The minimum Gasteiger partial charge on any atom is -0.326 e. The van der Waals surface area contributed by atoms with E-state index in [-0.39, 0.29) is 5.91 Å². The molecule has 2 aromatic rings. The van der Waals surface area contributed by atoms with Crippen molar-refractivity contribution in [1.82, 2.24) is 4.98 Å². The van der Waals surface area contributed by atoms with Crippen molar-refractivity contribution >= 4 is 22.9 Å². The van der Waals surface area contributed by atoms with E-state index in [0.717, 1.165) is 16.9 Å². The summed E-state index contributed by atoms with van der Waals surface area (Å²) in [6.07, 6.45) is 0.302. The van der Waals surface area contributed by atoms with Crippen molar-refractivity contribution in [3.63, 3.8) is 0 Å². The van der Waals surface area contributed by atoms with Crippen LogP contribution in [0.25, 0.3) is 0 Å². The Morgan fingerprint density at radius 2 is 2.35 bits per heavy atom. The molecule has 0 unspecified atom stereocenters. The molecule has 0 aliphatic carbocycles. The van der Waals surface area contributed by atoms with Crippen molar-refractivity contribution < 1.29 is 4.79 Å². The van der Waals surface area contributed by atoms with Crippen LogP contribution in [0.15, 0.2) is 35.2 Å². The zero-order valence-electron chi connectivity index (χ0n) is 9.22. The van der Waals surface area contributed by atoms with Crippen LogP contribution in [0.3, 0.4) is 0 Å². The second-order valence-corrected chi connectivity index (χ2v) is 4.33. The quantitative estimate of drug-likeness (QED) is 0.865. The number of carbonyl (C=O) groups excluding carboxylic acids is 1. The number of nitrogens with two attached hydrogens (primary N) is 1. The highest BCUT2D eigenvalue weighted by Crippen LogP contribution is 2.11. The van der Waals surface area contributed by atoms with Gasteiger partial charge in [-0.3, -0.25) is 4.79 Å². The van der Waals surface area contributed by atoms with E-state index in [1.807, 2.05) is 29.6 Å². The largest absolute Gasteiger partial charge is 0.326 e. The van der Waals surface area contributed by atoms with Crippen LogP contribution in [0, 0.1) is 0 Å². The molecule has 88 valence electrons. The van der Waals surface area contributed by atoms with Gasteiger partial charge in [-0.25, -0.2) is 4.98 Å². The molecule has 0 bridgehead atoms. The third-order valence-corrected chi connectivity index (χ3v) is 2.91. The maximum Gasteiger partial charge on any atom is 0.230 e. The first-order valence-electron chi connectivity index (χ1n) is 5.24. The van der Waals surface area contributed by atoms with Crippen molar-refractivity contribution in [3.8, 4) is 0 Å². The number of nitrogens with one attached hydrogen (secondary N) is 1. The van der Waals surface area contributed by atoms with Crippen LogP contribution in [-0.2, 0) is 17.8 Å². The Hall–Kier alpha value is -1.72. The average molecular weight is 247 g/mol. The van der Waals surface area contributed by atoms with Crippen LogP contribution in [0.2, 0.25) is 0 Å². The third kappa shape index (κ3) is 3.37. The van der Waals surface area contributed by atoms with Gasteiger partial charge in [-0.15, -0.1) is 11.3 Å². The molecular weight excluding hydrogens is 234 g/mol. The number of thiazole rings is 1. The van der Waals surface area contributed by atoms with E-state index in [4.69, 9.17) is 5.73 Å². The first kappa shape index (κ1) is 11.8. The lowest BCUT2D eigenvalue weighted by molar-refractivity contribution is -0.115. The number of hydrogen-bond donors (Lipinski definition) is 2. The Bertz CT molecular complexity index is 496. The van der Waals surface area contributed by atoms with Crippen LogP contribution in [0.4, 0.5) is 5.69 Å². The summed E-state index contributed by atoms with van der Waals surface area (Å²) in [5.41, 5.74) is 9.82. The SMILES string of the molecule is NCc1cccc(NC(=O)Cc2cscn2)c1. The number of hydrogen-bond acceptors (Lipinski definition) is 4. The van der Waals surface area contributed by atoms with Crippen molar-refractivity contribution in [2.45, 2.75) is 13.0 Å². The predicted octanol–water partition coefficient (Wildman–Crippen LogP) is 1.78. The van der Waals surface area contributed by atoms with Crippen LogP contribution in [-0.4, -0.2) is 10.9 Å². The molecule has 0 aliphatic rings. The molecule has 0 atom stereocenters. The number of benzene rings is 1. The summed E-state index contributed by atoms with van der Waals surface area (Å²) in [6, 6.07) is 7.52. The predicted molar refractivity (Wildman–Crippen MR) is 68.8 cm³/mol. The van der Waals surface area contributed by atoms with Crippen LogP contribution < -0.4 is 11.1 Å². The van der Waals surface area contributed by atoms with E-state index in [2.05, 4.69) is 10.3 Å². The highest BCUT2D eigenvalue weighted by molar-refractivity contribution is 7.07. The summed E-state index contributed by atoms with van der Waals surface area (Å²) in [5.74, 6) is -0.0647. The third-order valence-electron chi connectivity index (χ3n) is 2.27. The highest BCUT2D eigenvalue weighted by atomic mass is 32.1. The molecule has 3 N–H and O–H groups in total. The summed E-state index contributed by atoms with van der Waals surface area (Å²) >= 11 is 1.49. The van der Waals surface area contributed by atoms with Crippen LogP contribution >= 0.6 is 11.3 Å². The number of rotatable bonds is 4. The lowest BCUT2D eigenvalue weighted by Gasteiger charge is -2.05. The van der Waals surface area contributed by atoms with Crippen molar-refractivity contribution in [2.24, 2.45) is 5.73 Å². The van der Waals surface area contributed by atoms with Gasteiger partial charge in [0, 0.05) is 17.6 Å². The van der Waals surface area contributed by atoms with Crippen molar-refractivity contribution in [1.29, 1.82) is 0 Å². The molecule has 0 aliphatic heterocycles. The molecule has 0 fully saturated rings. The topological polar surface area (TPSA) is 68.0 Å². The standard InChI is InChI=1S/C12H13N3OS/c13-6-9-2-1-3-10(4-9)15-12(16)5-11-7-17-8-14-11/h1-4,7-8H,5-6,13H2,(H,15,16). The summed E-state index contributed by atoms with van der Waals surface area (Å²) in [5, 5.41) is 4.70. The van der Waals surface area contributed by atoms with E-state index >= 15 is 0 Å². The smallest absolute Gasteiger partial charge is 0.230 e. The maximum atomic E-state index is 11.7. The molecule has 5 heteroatoms. The molecule has 0 saturated carbocycles. The van der Waals surface area contributed by atoms with Gasteiger partial charge in [0.15, 0.2) is 0 Å². The van der Waals surface area contributed by atoms with Gasteiger partial charge in [0.05, 0.1) is 17.6 Å². The normalized spacial score (nSPS) is 10.2. The van der Waals surface area contributed by atoms with E-state index in [1.165, 1.54) is 11.3 Å². The molecule has 0 radical (unpaired) electrons. The highest BCUT2D eigenvalue weighted by Gasteiger charge is 2.05. The van der Waals surface area contributed by atoms with Crippen LogP contribution in [0.5, 0.6) is 0 Å². The first-order chi connectivity index (χ1) is 8.28. The molecule has 4 nitrogen and oxygen atoms in total. The minimum atomic E-state index is -0.0647. The number of nitrogens with zero attached hydrogens (tertiary/aromatic N) is 1. The van der Waals surface area contributed by atoms with Gasteiger partial charge in [-0.1, -0.05) is 12.1 Å². The van der Waals surface area contributed by atoms with Crippen molar-refractivity contribution in [2.75, 3.05) is 5.32 Å². The second kappa shape index (κ2) is 5.56. The molecule has 1 aromatic heterocycles. The van der Waals surface area contributed by atoms with E-state index in [0.29, 0.717) is 13.0 Å². The maximum absolute atomic E-state index is 11.7. The summed E-state index contributed by atoms with van der Waals surface area (Å²) in [4.78, 5) is 15.8. The Labute approximate surface area is 103 Å². The molecule has 1 amide bonds. The Morgan fingerprint density at radius 3 is 3.06 bits per heavy atom. The number of carbonyl (C=O) groups is 1. The molecule has 0 saturated heterocycles. The summed E-state index contributed by atoms with van der Waals surface area (Å²) in [7, 11) is 0. The van der Waals surface area contributed by atoms with E-state index in [9.17, 15) is 4.79 Å². The Kier molecular flexibility index (Phi) is 3.85. The zero-order chi connectivity index (χ0) is 12.1. The summed E-state index contributed by atoms with van der Waals surface area (Å²) < 4.78 is 0. The molecule has 1 heterocycles. The van der Waals surface area contributed by atoms with E-state index < -0.39 is 0 Å². The monoisotopic (exact) mass is 247 g/mol.